The number of hydrogen-bond donors (Lipinski definition) is 1. The lowest BCUT2D eigenvalue weighted by Gasteiger charge is -2.33. The molecular weight excluding hydrogens is 266 g/mol. The molecule has 1 aromatic carbocycles. The molecule has 5 heteroatoms. The van der Waals surface area contributed by atoms with Crippen molar-refractivity contribution in [2.45, 2.75) is 25.8 Å². The molecule has 0 saturated carbocycles. The molecule has 1 saturated heterocycles. The first kappa shape index (κ1) is 15.8. The molecule has 118 valence electrons. The maximum Gasteiger partial charge on any atom is 0.162 e. The van der Waals surface area contributed by atoms with Gasteiger partial charge in [0.2, 0.25) is 0 Å². The monoisotopic (exact) mass is 293 g/mol. The number of rotatable bonds is 4. The van der Waals surface area contributed by atoms with Crippen molar-refractivity contribution in [3.05, 3.63) is 12.1 Å². The van der Waals surface area contributed by atoms with E-state index in [9.17, 15) is 0 Å². The molecule has 1 unspecified atom stereocenters. The summed E-state index contributed by atoms with van der Waals surface area (Å²) < 4.78 is 10.7. The van der Waals surface area contributed by atoms with Crippen LogP contribution in [-0.4, -0.2) is 51.8 Å². The topological polar surface area (TPSA) is 51.0 Å². The Morgan fingerprint density at radius 2 is 1.86 bits per heavy atom. The van der Waals surface area contributed by atoms with Gasteiger partial charge in [-0.05, 0) is 26.4 Å². The van der Waals surface area contributed by atoms with Gasteiger partial charge in [-0.3, -0.25) is 0 Å². The fourth-order valence-electron chi connectivity index (χ4n) is 3.04. The molecule has 0 amide bonds. The van der Waals surface area contributed by atoms with Gasteiger partial charge in [0.1, 0.15) is 0 Å². The van der Waals surface area contributed by atoms with Gasteiger partial charge in [0, 0.05) is 31.3 Å². The van der Waals surface area contributed by atoms with Crippen LogP contribution in [0.25, 0.3) is 0 Å². The average Bonchev–Trinajstić information content (AvgIpc) is 2.68. The Balaban J connectivity index is 2.38. The van der Waals surface area contributed by atoms with Crippen LogP contribution in [0.5, 0.6) is 11.5 Å². The smallest absolute Gasteiger partial charge is 0.162 e. The van der Waals surface area contributed by atoms with Gasteiger partial charge >= 0.3 is 0 Å². The highest BCUT2D eigenvalue weighted by molar-refractivity contribution is 5.73. The zero-order chi connectivity index (χ0) is 15.4. The Labute approximate surface area is 127 Å². The quantitative estimate of drug-likeness (QED) is 0.863. The van der Waals surface area contributed by atoms with Crippen molar-refractivity contribution in [2.75, 3.05) is 51.5 Å². The first-order valence-corrected chi connectivity index (χ1v) is 7.57. The van der Waals surface area contributed by atoms with E-state index in [2.05, 4.69) is 23.8 Å². The molecule has 2 rings (SSSR count). The van der Waals surface area contributed by atoms with E-state index < -0.39 is 0 Å². The lowest BCUT2D eigenvalue weighted by molar-refractivity contribution is 0.328. The summed E-state index contributed by atoms with van der Waals surface area (Å²) in [4.78, 5) is 4.81. The molecule has 0 aliphatic carbocycles. The SMILES string of the molecule is CCC1CN(C)CCCN1c1cc(OC)c(OC)cc1N. The summed E-state index contributed by atoms with van der Waals surface area (Å²) in [6.07, 6.45) is 2.24. The fourth-order valence-corrected chi connectivity index (χ4v) is 3.04. The molecule has 1 aromatic rings. The first-order chi connectivity index (χ1) is 10.1. The van der Waals surface area contributed by atoms with E-state index in [1.807, 2.05) is 12.1 Å². The van der Waals surface area contributed by atoms with Gasteiger partial charge in [-0.15, -0.1) is 0 Å². The Kier molecular flexibility index (Phi) is 5.17. The molecule has 0 bridgehead atoms. The van der Waals surface area contributed by atoms with E-state index in [4.69, 9.17) is 15.2 Å². The Morgan fingerprint density at radius 3 is 2.48 bits per heavy atom. The summed E-state index contributed by atoms with van der Waals surface area (Å²) in [7, 11) is 5.47. The van der Waals surface area contributed by atoms with Crippen molar-refractivity contribution >= 4 is 11.4 Å². The second-order valence-corrected chi connectivity index (χ2v) is 5.64. The van der Waals surface area contributed by atoms with Gasteiger partial charge < -0.3 is 25.0 Å². The zero-order valence-corrected chi connectivity index (χ0v) is 13.6. The molecular formula is C16H27N3O2. The van der Waals surface area contributed by atoms with Crippen LogP contribution in [0.1, 0.15) is 19.8 Å². The largest absolute Gasteiger partial charge is 0.493 e. The second-order valence-electron chi connectivity index (χ2n) is 5.64. The van der Waals surface area contributed by atoms with E-state index in [-0.39, 0.29) is 0 Å². The molecule has 0 radical (unpaired) electrons. The number of nitrogen functional groups attached to an aromatic ring is 1. The van der Waals surface area contributed by atoms with Crippen molar-refractivity contribution in [1.82, 2.24) is 4.90 Å². The summed E-state index contributed by atoms with van der Waals surface area (Å²) in [6.45, 7) is 5.43. The number of benzene rings is 1. The third-order valence-corrected chi connectivity index (χ3v) is 4.22. The van der Waals surface area contributed by atoms with Crippen molar-refractivity contribution in [3.8, 4) is 11.5 Å². The highest BCUT2D eigenvalue weighted by atomic mass is 16.5. The third-order valence-electron chi connectivity index (χ3n) is 4.22. The predicted molar refractivity (Wildman–Crippen MR) is 87.5 cm³/mol. The van der Waals surface area contributed by atoms with E-state index >= 15 is 0 Å². The standard InChI is InChI=1S/C16H27N3O2/c1-5-12-11-18(2)7-6-8-19(12)14-10-16(21-4)15(20-3)9-13(14)17/h9-10,12H,5-8,11,17H2,1-4H3. The minimum absolute atomic E-state index is 0.470. The highest BCUT2D eigenvalue weighted by Gasteiger charge is 2.24. The first-order valence-electron chi connectivity index (χ1n) is 7.57. The molecule has 1 aliphatic heterocycles. The number of nitrogens with zero attached hydrogens (tertiary/aromatic N) is 2. The van der Waals surface area contributed by atoms with E-state index in [0.29, 0.717) is 11.8 Å². The highest BCUT2D eigenvalue weighted by Crippen LogP contribution is 2.38. The third kappa shape index (κ3) is 3.35. The molecule has 1 heterocycles. The van der Waals surface area contributed by atoms with Crippen LogP contribution in [0.3, 0.4) is 0 Å². The van der Waals surface area contributed by atoms with E-state index in [0.717, 1.165) is 49.6 Å². The van der Waals surface area contributed by atoms with Crippen LogP contribution >= 0.6 is 0 Å². The number of nitrogens with two attached hydrogens (primary N) is 1. The molecule has 21 heavy (non-hydrogen) atoms. The van der Waals surface area contributed by atoms with Crippen molar-refractivity contribution in [3.63, 3.8) is 0 Å². The normalized spacial score (nSPS) is 20.2. The maximum atomic E-state index is 6.26. The lowest BCUT2D eigenvalue weighted by atomic mass is 10.1. The van der Waals surface area contributed by atoms with Crippen LogP contribution in [0.2, 0.25) is 0 Å². The zero-order valence-electron chi connectivity index (χ0n) is 13.6. The Hall–Kier alpha value is -1.62. The van der Waals surface area contributed by atoms with Gasteiger partial charge in [0.15, 0.2) is 11.5 Å². The molecule has 1 fully saturated rings. The summed E-state index contributed by atoms with van der Waals surface area (Å²) in [5, 5.41) is 0. The minimum Gasteiger partial charge on any atom is -0.493 e. The van der Waals surface area contributed by atoms with Gasteiger partial charge in [-0.1, -0.05) is 6.92 Å². The van der Waals surface area contributed by atoms with Gasteiger partial charge in [-0.2, -0.15) is 0 Å². The number of hydrogen-bond acceptors (Lipinski definition) is 5. The van der Waals surface area contributed by atoms with Crippen LogP contribution in [0, 0.1) is 0 Å². The van der Waals surface area contributed by atoms with E-state index in [1.165, 1.54) is 0 Å². The molecule has 0 aromatic heterocycles. The van der Waals surface area contributed by atoms with Crippen molar-refractivity contribution in [2.24, 2.45) is 0 Å². The predicted octanol–water partition coefficient (Wildman–Crippen LogP) is 2.21. The van der Waals surface area contributed by atoms with Crippen molar-refractivity contribution < 1.29 is 9.47 Å². The number of methoxy groups -OCH3 is 2. The summed E-state index contributed by atoms with van der Waals surface area (Å²) >= 11 is 0. The van der Waals surface area contributed by atoms with Crippen LogP contribution in [0.4, 0.5) is 11.4 Å². The molecule has 2 N–H and O–H groups in total. The van der Waals surface area contributed by atoms with Crippen LogP contribution < -0.4 is 20.1 Å². The number of anilines is 2. The van der Waals surface area contributed by atoms with Gasteiger partial charge in [-0.25, -0.2) is 0 Å². The van der Waals surface area contributed by atoms with Crippen LogP contribution in [0.15, 0.2) is 12.1 Å². The second kappa shape index (κ2) is 6.89. The minimum atomic E-state index is 0.470. The molecule has 0 spiro atoms. The van der Waals surface area contributed by atoms with Crippen LogP contribution in [-0.2, 0) is 0 Å². The molecule has 5 nitrogen and oxygen atoms in total. The Morgan fingerprint density at radius 1 is 1.19 bits per heavy atom. The molecule has 1 aliphatic rings. The lowest BCUT2D eigenvalue weighted by Crippen LogP contribution is -2.40. The summed E-state index contributed by atoms with van der Waals surface area (Å²) in [5.41, 5.74) is 8.06. The summed E-state index contributed by atoms with van der Waals surface area (Å²) in [5.74, 6) is 1.41. The summed E-state index contributed by atoms with van der Waals surface area (Å²) in [6, 6.07) is 4.33. The average molecular weight is 293 g/mol. The van der Waals surface area contributed by atoms with Crippen molar-refractivity contribution in [1.29, 1.82) is 0 Å². The van der Waals surface area contributed by atoms with Gasteiger partial charge in [0.05, 0.1) is 25.6 Å². The number of likely N-dealkylation sites (N-methyl/N-ethyl adjacent to an activating group) is 1. The fraction of sp³-hybridized carbons (Fsp3) is 0.625. The number of ether oxygens (including phenoxy) is 2. The van der Waals surface area contributed by atoms with E-state index in [1.54, 1.807) is 14.2 Å². The Bertz CT molecular complexity index is 479. The van der Waals surface area contributed by atoms with Gasteiger partial charge in [0.25, 0.3) is 0 Å². The maximum absolute atomic E-state index is 6.26. The molecule has 1 atom stereocenters.